The Morgan fingerprint density at radius 1 is 1.65 bits per heavy atom. The van der Waals surface area contributed by atoms with Crippen LogP contribution in [-0.4, -0.2) is 41.4 Å². The number of hydrogen-bond acceptors (Lipinski definition) is 5. The summed E-state index contributed by atoms with van der Waals surface area (Å²) in [6.45, 7) is 4.13. The predicted molar refractivity (Wildman–Crippen MR) is 64.3 cm³/mol. The molecule has 0 aliphatic carbocycles. The molecule has 0 aromatic carbocycles. The van der Waals surface area contributed by atoms with Gasteiger partial charge in [-0.2, -0.15) is 0 Å². The molecule has 2 heterocycles. The Hall–Kier alpha value is -1.47. The van der Waals surface area contributed by atoms with Crippen molar-refractivity contribution in [3.05, 3.63) is 27.1 Å². The molecule has 92 valence electrons. The zero-order valence-electron chi connectivity index (χ0n) is 9.38. The van der Waals surface area contributed by atoms with Gasteiger partial charge in [-0.15, -0.1) is 0 Å². The number of nitro groups is 1. The quantitative estimate of drug-likeness (QED) is 0.645. The van der Waals surface area contributed by atoms with Crippen LogP contribution in [0.1, 0.15) is 16.6 Å². The van der Waals surface area contributed by atoms with Crippen molar-refractivity contribution in [1.29, 1.82) is 0 Å². The number of amides is 1. The zero-order valence-corrected chi connectivity index (χ0v) is 10.2. The van der Waals surface area contributed by atoms with Gasteiger partial charge in [0, 0.05) is 25.7 Å². The maximum atomic E-state index is 12.1. The fraction of sp³-hybridized carbons (Fsp3) is 0.500. The molecule has 1 aromatic rings. The summed E-state index contributed by atoms with van der Waals surface area (Å²) in [5, 5.41) is 13.7. The van der Waals surface area contributed by atoms with Gasteiger partial charge in [0.05, 0.1) is 15.8 Å². The average Bonchev–Trinajstić information content (AvgIpc) is 2.71. The van der Waals surface area contributed by atoms with E-state index in [0.717, 1.165) is 24.4 Å². The first-order chi connectivity index (χ1) is 8.13. The summed E-state index contributed by atoms with van der Waals surface area (Å²) >= 11 is 0.934. The second-order valence-corrected chi connectivity index (χ2v) is 4.86. The van der Waals surface area contributed by atoms with Gasteiger partial charge < -0.3 is 10.2 Å². The van der Waals surface area contributed by atoms with Crippen molar-refractivity contribution in [2.75, 3.05) is 19.6 Å². The van der Waals surface area contributed by atoms with Crippen LogP contribution >= 0.6 is 11.3 Å². The summed E-state index contributed by atoms with van der Waals surface area (Å²) < 4.78 is 0. The molecule has 1 aliphatic rings. The molecular weight excluding hydrogens is 242 g/mol. The molecule has 0 unspecified atom stereocenters. The average molecular weight is 255 g/mol. The summed E-state index contributed by atoms with van der Waals surface area (Å²) in [7, 11) is 0. The highest BCUT2D eigenvalue weighted by molar-refractivity contribution is 7.17. The van der Waals surface area contributed by atoms with E-state index in [4.69, 9.17) is 0 Å². The number of nitrogens with zero attached hydrogens (tertiary/aromatic N) is 2. The van der Waals surface area contributed by atoms with Crippen molar-refractivity contribution >= 4 is 22.2 Å². The maximum absolute atomic E-state index is 12.1. The molecule has 0 bridgehead atoms. The molecule has 1 aliphatic heterocycles. The summed E-state index contributed by atoms with van der Waals surface area (Å²) in [5.74, 6) is -0.114. The van der Waals surface area contributed by atoms with E-state index in [1.165, 1.54) is 12.1 Å². The molecule has 1 saturated heterocycles. The molecule has 17 heavy (non-hydrogen) atoms. The van der Waals surface area contributed by atoms with Crippen LogP contribution in [0.4, 0.5) is 5.00 Å². The fourth-order valence-corrected chi connectivity index (χ4v) is 2.52. The molecule has 1 amide bonds. The molecule has 1 fully saturated rings. The van der Waals surface area contributed by atoms with Crippen molar-refractivity contribution in [3.63, 3.8) is 0 Å². The Balaban J connectivity index is 2.13. The monoisotopic (exact) mass is 255 g/mol. The molecule has 0 atom stereocenters. The maximum Gasteiger partial charge on any atom is 0.324 e. The Labute approximate surface area is 102 Å². The molecule has 0 spiro atoms. The molecule has 6 nitrogen and oxygen atoms in total. The van der Waals surface area contributed by atoms with E-state index in [1.54, 1.807) is 4.90 Å². The summed E-state index contributed by atoms with van der Waals surface area (Å²) in [4.78, 5) is 24.4. The number of carbonyl (C=O) groups excluding carboxylic acids is 1. The first-order valence-corrected chi connectivity index (χ1v) is 6.21. The van der Waals surface area contributed by atoms with Crippen LogP contribution < -0.4 is 5.32 Å². The first kappa shape index (κ1) is 12.0. The fourth-order valence-electron chi connectivity index (χ4n) is 1.74. The van der Waals surface area contributed by atoms with E-state index in [-0.39, 0.29) is 17.0 Å². The third kappa shape index (κ3) is 2.29. The molecule has 1 aromatic heterocycles. The van der Waals surface area contributed by atoms with Gasteiger partial charge in [-0.05, 0) is 13.0 Å². The standard InChI is InChI=1S/C10H13N3O3S/c1-2-12(7-5-11-6-7)10(14)8-3-4-9(17-8)13(15)16/h3-4,7,11H,2,5-6H2,1H3. The molecule has 0 saturated carbocycles. The third-order valence-electron chi connectivity index (χ3n) is 2.78. The summed E-state index contributed by atoms with van der Waals surface area (Å²) in [5.41, 5.74) is 0. The summed E-state index contributed by atoms with van der Waals surface area (Å²) in [6, 6.07) is 3.12. The minimum atomic E-state index is -0.470. The van der Waals surface area contributed by atoms with Gasteiger partial charge in [0.1, 0.15) is 0 Å². The highest BCUT2D eigenvalue weighted by Crippen LogP contribution is 2.25. The van der Waals surface area contributed by atoms with Gasteiger partial charge in [-0.3, -0.25) is 14.9 Å². The molecular formula is C10H13N3O3S. The largest absolute Gasteiger partial charge is 0.333 e. The molecule has 1 N–H and O–H groups in total. The highest BCUT2D eigenvalue weighted by atomic mass is 32.1. The Morgan fingerprint density at radius 2 is 2.35 bits per heavy atom. The minimum Gasteiger partial charge on any atom is -0.333 e. The van der Waals surface area contributed by atoms with Crippen molar-refractivity contribution in [2.24, 2.45) is 0 Å². The second-order valence-electron chi connectivity index (χ2n) is 3.80. The van der Waals surface area contributed by atoms with Crippen molar-refractivity contribution in [1.82, 2.24) is 10.2 Å². The van der Waals surface area contributed by atoms with E-state index < -0.39 is 4.92 Å². The van der Waals surface area contributed by atoms with Gasteiger partial charge in [0.2, 0.25) is 0 Å². The number of thiophene rings is 1. The number of carbonyl (C=O) groups is 1. The lowest BCUT2D eigenvalue weighted by molar-refractivity contribution is -0.380. The normalized spacial score (nSPS) is 15.4. The number of likely N-dealkylation sites (N-methyl/N-ethyl adjacent to an activating group) is 1. The lowest BCUT2D eigenvalue weighted by Gasteiger charge is -2.37. The van der Waals surface area contributed by atoms with Crippen molar-refractivity contribution < 1.29 is 9.72 Å². The Kier molecular flexibility index (Phi) is 3.39. The van der Waals surface area contributed by atoms with Crippen LogP contribution in [0.5, 0.6) is 0 Å². The van der Waals surface area contributed by atoms with Crippen LogP contribution in [0.25, 0.3) is 0 Å². The van der Waals surface area contributed by atoms with Crippen molar-refractivity contribution in [2.45, 2.75) is 13.0 Å². The second kappa shape index (κ2) is 4.80. The Morgan fingerprint density at radius 3 is 2.76 bits per heavy atom. The minimum absolute atomic E-state index is 0.0103. The highest BCUT2D eigenvalue weighted by Gasteiger charge is 2.29. The van der Waals surface area contributed by atoms with Gasteiger partial charge >= 0.3 is 5.00 Å². The van der Waals surface area contributed by atoms with Gasteiger partial charge in [-0.25, -0.2) is 0 Å². The first-order valence-electron chi connectivity index (χ1n) is 5.39. The number of rotatable bonds is 4. The van der Waals surface area contributed by atoms with Crippen LogP contribution in [-0.2, 0) is 0 Å². The zero-order chi connectivity index (χ0) is 12.4. The van der Waals surface area contributed by atoms with E-state index in [1.807, 2.05) is 6.92 Å². The van der Waals surface area contributed by atoms with E-state index in [9.17, 15) is 14.9 Å². The SMILES string of the molecule is CCN(C(=O)c1ccc([N+](=O)[O-])s1)C1CNC1. The van der Waals surface area contributed by atoms with Crippen LogP contribution in [0.15, 0.2) is 12.1 Å². The van der Waals surface area contributed by atoms with Crippen molar-refractivity contribution in [3.8, 4) is 0 Å². The summed E-state index contributed by atoms with van der Waals surface area (Å²) in [6.07, 6.45) is 0. The smallest absolute Gasteiger partial charge is 0.324 e. The number of hydrogen-bond donors (Lipinski definition) is 1. The Bertz CT molecular complexity index is 442. The topological polar surface area (TPSA) is 75.5 Å². The van der Waals surface area contributed by atoms with Crippen LogP contribution in [0.3, 0.4) is 0 Å². The van der Waals surface area contributed by atoms with Crippen LogP contribution in [0, 0.1) is 10.1 Å². The van der Waals surface area contributed by atoms with E-state index in [0.29, 0.717) is 11.4 Å². The van der Waals surface area contributed by atoms with E-state index >= 15 is 0 Å². The molecule has 2 rings (SSSR count). The predicted octanol–water partition coefficient (Wildman–Crippen LogP) is 1.09. The third-order valence-corrected chi connectivity index (χ3v) is 3.81. The lowest BCUT2D eigenvalue weighted by atomic mass is 10.1. The van der Waals surface area contributed by atoms with Crippen LogP contribution in [0.2, 0.25) is 0 Å². The number of nitrogens with one attached hydrogen (secondary N) is 1. The molecule has 0 radical (unpaired) electrons. The molecule has 7 heteroatoms. The van der Waals surface area contributed by atoms with Gasteiger partial charge in [-0.1, -0.05) is 11.3 Å². The van der Waals surface area contributed by atoms with Gasteiger partial charge in [0.25, 0.3) is 5.91 Å². The van der Waals surface area contributed by atoms with Gasteiger partial charge in [0.15, 0.2) is 0 Å². The van der Waals surface area contributed by atoms with E-state index in [2.05, 4.69) is 5.32 Å². The lowest BCUT2D eigenvalue weighted by Crippen LogP contribution is -2.58.